The van der Waals surface area contributed by atoms with Crippen LogP contribution in [0.3, 0.4) is 0 Å². The van der Waals surface area contributed by atoms with Crippen molar-refractivity contribution in [3.8, 4) is 0 Å². The Balaban J connectivity index is 2.17. The summed E-state index contributed by atoms with van der Waals surface area (Å²) >= 11 is 0. The van der Waals surface area contributed by atoms with Crippen molar-refractivity contribution in [1.29, 1.82) is 0 Å². The first-order valence-electron chi connectivity index (χ1n) is 6.46. The van der Waals surface area contributed by atoms with Crippen molar-refractivity contribution in [3.05, 3.63) is 29.8 Å². The molecule has 0 aliphatic carbocycles. The van der Waals surface area contributed by atoms with Gasteiger partial charge in [-0.05, 0) is 26.8 Å². The Hall–Kier alpha value is -2.44. The summed E-state index contributed by atoms with van der Waals surface area (Å²) in [7, 11) is 0. The van der Waals surface area contributed by atoms with E-state index in [2.05, 4.69) is 20.4 Å². The molecule has 0 aliphatic heterocycles. The number of aromatic nitrogens is 3. The van der Waals surface area contributed by atoms with E-state index in [0.717, 1.165) is 0 Å². The molecule has 0 unspecified atom stereocenters. The van der Waals surface area contributed by atoms with E-state index in [0.29, 0.717) is 36.3 Å². The van der Waals surface area contributed by atoms with Gasteiger partial charge >= 0.3 is 0 Å². The number of nitrogens with one attached hydrogen (secondary N) is 1. The molecular formula is C13H17N5O2. The van der Waals surface area contributed by atoms with Gasteiger partial charge < -0.3 is 14.7 Å². The van der Waals surface area contributed by atoms with Crippen LogP contribution in [-0.4, -0.2) is 39.0 Å². The molecule has 0 saturated carbocycles. The van der Waals surface area contributed by atoms with Crippen molar-refractivity contribution in [2.24, 2.45) is 0 Å². The number of carbonyl (C=O) groups is 1. The summed E-state index contributed by atoms with van der Waals surface area (Å²) in [5.41, 5.74) is 0.353. The number of hydrogen-bond acceptors (Lipinski definition) is 6. The van der Waals surface area contributed by atoms with Crippen LogP contribution in [0.25, 0.3) is 0 Å². The van der Waals surface area contributed by atoms with Gasteiger partial charge in [0, 0.05) is 25.4 Å². The normalized spacial score (nSPS) is 10.3. The van der Waals surface area contributed by atoms with Crippen molar-refractivity contribution < 1.29 is 9.32 Å². The van der Waals surface area contributed by atoms with Crippen LogP contribution in [0.5, 0.6) is 0 Å². The van der Waals surface area contributed by atoms with Gasteiger partial charge in [-0.2, -0.15) is 0 Å². The van der Waals surface area contributed by atoms with Crippen molar-refractivity contribution in [1.82, 2.24) is 20.0 Å². The highest BCUT2D eigenvalue weighted by Gasteiger charge is 2.15. The molecule has 0 aromatic carbocycles. The Kier molecular flexibility index (Phi) is 4.29. The fourth-order valence-corrected chi connectivity index (χ4v) is 1.75. The van der Waals surface area contributed by atoms with Crippen LogP contribution >= 0.6 is 0 Å². The topological polar surface area (TPSA) is 84.2 Å². The Morgan fingerprint density at radius 2 is 2.15 bits per heavy atom. The van der Waals surface area contributed by atoms with Crippen molar-refractivity contribution in [2.75, 3.05) is 18.4 Å². The van der Waals surface area contributed by atoms with E-state index >= 15 is 0 Å². The van der Waals surface area contributed by atoms with E-state index in [4.69, 9.17) is 4.52 Å². The molecule has 2 aromatic heterocycles. The maximum atomic E-state index is 12.2. The Bertz CT molecular complexity index is 592. The van der Waals surface area contributed by atoms with Gasteiger partial charge in [0.25, 0.3) is 5.91 Å². The molecule has 0 saturated heterocycles. The number of anilines is 2. The molecule has 0 bridgehead atoms. The number of rotatable bonds is 5. The average molecular weight is 275 g/mol. The number of aryl methyl sites for hydroxylation is 1. The van der Waals surface area contributed by atoms with Crippen LogP contribution in [0.4, 0.5) is 11.8 Å². The summed E-state index contributed by atoms with van der Waals surface area (Å²) in [6.07, 6.45) is 1.54. The van der Waals surface area contributed by atoms with Crippen LogP contribution in [0.1, 0.15) is 30.1 Å². The first kappa shape index (κ1) is 14.0. The van der Waals surface area contributed by atoms with Crippen LogP contribution in [0.2, 0.25) is 0 Å². The Labute approximate surface area is 117 Å². The minimum absolute atomic E-state index is 0.114. The van der Waals surface area contributed by atoms with Crippen LogP contribution in [0.15, 0.2) is 22.9 Å². The summed E-state index contributed by atoms with van der Waals surface area (Å²) < 4.78 is 4.94. The molecule has 1 amide bonds. The highest BCUT2D eigenvalue weighted by atomic mass is 16.5. The molecule has 1 N–H and O–H groups in total. The van der Waals surface area contributed by atoms with E-state index < -0.39 is 0 Å². The standard InChI is InChI=1S/C13H17N5O2/c1-4-18(5-2)12(19)10-6-7-14-13(15-10)16-11-8-9(3)20-17-11/h6-8H,4-5H2,1-3H3,(H,14,15,16,17). The minimum Gasteiger partial charge on any atom is -0.360 e. The molecule has 20 heavy (non-hydrogen) atoms. The lowest BCUT2D eigenvalue weighted by Gasteiger charge is -2.17. The fourth-order valence-electron chi connectivity index (χ4n) is 1.75. The van der Waals surface area contributed by atoms with E-state index in [1.807, 2.05) is 13.8 Å². The maximum Gasteiger partial charge on any atom is 0.272 e. The summed E-state index contributed by atoms with van der Waals surface area (Å²) in [5.74, 6) is 1.39. The van der Waals surface area contributed by atoms with Crippen molar-refractivity contribution in [2.45, 2.75) is 20.8 Å². The molecule has 106 valence electrons. The second kappa shape index (κ2) is 6.14. The molecule has 0 atom stereocenters. The monoisotopic (exact) mass is 275 g/mol. The Morgan fingerprint density at radius 3 is 2.75 bits per heavy atom. The van der Waals surface area contributed by atoms with Gasteiger partial charge in [-0.3, -0.25) is 4.79 Å². The SMILES string of the molecule is CCN(CC)C(=O)c1ccnc(Nc2cc(C)on2)n1. The molecule has 0 aliphatic rings. The van der Waals surface area contributed by atoms with Crippen LogP contribution in [0, 0.1) is 6.92 Å². The van der Waals surface area contributed by atoms with Crippen LogP contribution in [-0.2, 0) is 0 Å². The largest absolute Gasteiger partial charge is 0.360 e. The summed E-state index contributed by atoms with van der Waals surface area (Å²) in [5, 5.41) is 6.69. The van der Waals surface area contributed by atoms with E-state index in [1.54, 1.807) is 30.2 Å². The number of nitrogens with zero attached hydrogens (tertiary/aromatic N) is 4. The third-order valence-corrected chi connectivity index (χ3v) is 2.79. The number of hydrogen-bond donors (Lipinski definition) is 1. The first-order valence-corrected chi connectivity index (χ1v) is 6.46. The first-order chi connectivity index (χ1) is 9.63. The van der Waals surface area contributed by atoms with Gasteiger partial charge in [-0.25, -0.2) is 9.97 Å². The van der Waals surface area contributed by atoms with Crippen molar-refractivity contribution >= 4 is 17.7 Å². The molecule has 7 heteroatoms. The van der Waals surface area contributed by atoms with Gasteiger partial charge in [-0.1, -0.05) is 5.16 Å². The molecule has 2 aromatic rings. The lowest BCUT2D eigenvalue weighted by atomic mass is 10.3. The second-order valence-corrected chi connectivity index (χ2v) is 4.19. The van der Waals surface area contributed by atoms with Gasteiger partial charge in [0.2, 0.25) is 5.95 Å². The maximum absolute atomic E-state index is 12.2. The molecule has 2 heterocycles. The smallest absolute Gasteiger partial charge is 0.272 e. The zero-order valence-corrected chi connectivity index (χ0v) is 11.8. The molecule has 0 fully saturated rings. The zero-order chi connectivity index (χ0) is 14.5. The molecule has 0 radical (unpaired) electrons. The van der Waals surface area contributed by atoms with Gasteiger partial charge in [-0.15, -0.1) is 0 Å². The molecular weight excluding hydrogens is 258 g/mol. The summed E-state index contributed by atoms with van der Waals surface area (Å²) in [6, 6.07) is 3.32. The lowest BCUT2D eigenvalue weighted by molar-refractivity contribution is 0.0767. The zero-order valence-electron chi connectivity index (χ0n) is 11.8. The van der Waals surface area contributed by atoms with Crippen molar-refractivity contribution in [3.63, 3.8) is 0 Å². The highest BCUT2D eigenvalue weighted by molar-refractivity contribution is 5.92. The summed E-state index contributed by atoms with van der Waals surface area (Å²) in [4.78, 5) is 22.2. The Morgan fingerprint density at radius 1 is 1.40 bits per heavy atom. The predicted molar refractivity (Wildman–Crippen MR) is 73.8 cm³/mol. The quantitative estimate of drug-likeness (QED) is 0.898. The third kappa shape index (κ3) is 3.11. The lowest BCUT2D eigenvalue weighted by Crippen LogP contribution is -2.31. The van der Waals surface area contributed by atoms with E-state index in [1.165, 1.54) is 0 Å². The highest BCUT2D eigenvalue weighted by Crippen LogP contribution is 2.13. The summed E-state index contributed by atoms with van der Waals surface area (Å²) in [6.45, 7) is 6.94. The molecule has 2 rings (SSSR count). The van der Waals surface area contributed by atoms with Gasteiger partial charge in [0.1, 0.15) is 11.5 Å². The molecule has 0 spiro atoms. The minimum atomic E-state index is -0.114. The number of carbonyl (C=O) groups excluding carboxylic acids is 1. The van der Waals surface area contributed by atoms with E-state index in [-0.39, 0.29) is 5.91 Å². The number of amides is 1. The second-order valence-electron chi connectivity index (χ2n) is 4.19. The van der Waals surface area contributed by atoms with Gasteiger partial charge in [0.05, 0.1) is 0 Å². The van der Waals surface area contributed by atoms with Crippen LogP contribution < -0.4 is 5.32 Å². The average Bonchev–Trinajstić information content (AvgIpc) is 2.85. The fraction of sp³-hybridized carbons (Fsp3) is 0.385. The van der Waals surface area contributed by atoms with E-state index in [9.17, 15) is 4.79 Å². The van der Waals surface area contributed by atoms with Gasteiger partial charge in [0.15, 0.2) is 5.82 Å². The third-order valence-electron chi connectivity index (χ3n) is 2.79. The molecule has 7 nitrogen and oxygen atoms in total. The predicted octanol–water partition coefficient (Wildman–Crippen LogP) is 2.00.